The number of piperazine rings is 1. The number of primary amides is 1. The SMILES string of the molecule is CCN(CC)CCC1CN(c2ccccc2-c2ccccc2)CCN1S(=O)(=O)c1ccc(-c2ccccc2)cc1.NC(=O)NC=O. The van der Waals surface area contributed by atoms with Crippen LogP contribution < -0.4 is 16.0 Å². The lowest BCUT2D eigenvalue weighted by atomic mass is 10.0. The van der Waals surface area contributed by atoms with Crippen LogP contribution in [0.1, 0.15) is 20.3 Å². The van der Waals surface area contributed by atoms with Gasteiger partial charge in [0.15, 0.2) is 0 Å². The lowest BCUT2D eigenvalue weighted by molar-refractivity contribution is -0.108. The van der Waals surface area contributed by atoms with E-state index in [0.717, 1.165) is 42.9 Å². The van der Waals surface area contributed by atoms with Crippen molar-refractivity contribution >= 4 is 28.2 Å². The Labute approximate surface area is 272 Å². The molecular weight excluding hydrogens is 598 g/mol. The van der Waals surface area contributed by atoms with E-state index >= 15 is 0 Å². The number of urea groups is 1. The van der Waals surface area contributed by atoms with E-state index in [2.05, 4.69) is 77.9 Å². The van der Waals surface area contributed by atoms with Gasteiger partial charge in [-0.1, -0.05) is 105 Å². The number of nitrogens with one attached hydrogen (secondary N) is 1. The van der Waals surface area contributed by atoms with Crippen LogP contribution in [0.25, 0.3) is 22.3 Å². The molecule has 0 radical (unpaired) electrons. The average Bonchev–Trinajstić information content (AvgIpc) is 3.09. The van der Waals surface area contributed by atoms with E-state index in [9.17, 15) is 18.0 Å². The van der Waals surface area contributed by atoms with E-state index in [4.69, 9.17) is 0 Å². The van der Waals surface area contributed by atoms with Gasteiger partial charge in [-0.3, -0.25) is 10.1 Å². The van der Waals surface area contributed by atoms with E-state index in [1.807, 2.05) is 48.5 Å². The van der Waals surface area contributed by atoms with Crippen molar-refractivity contribution in [3.8, 4) is 22.3 Å². The number of imide groups is 1. The van der Waals surface area contributed by atoms with Crippen molar-refractivity contribution in [1.82, 2.24) is 14.5 Å². The van der Waals surface area contributed by atoms with Crippen LogP contribution >= 0.6 is 0 Å². The Morgan fingerprint density at radius 1 is 0.826 bits per heavy atom. The summed E-state index contributed by atoms with van der Waals surface area (Å²) >= 11 is 0. The fraction of sp³-hybridized carbons (Fsp3) is 0.278. The van der Waals surface area contributed by atoms with Crippen molar-refractivity contribution < 1.29 is 18.0 Å². The number of rotatable bonds is 11. The smallest absolute Gasteiger partial charge is 0.318 e. The molecule has 0 aliphatic carbocycles. The Kier molecular flexibility index (Phi) is 12.5. The molecule has 1 atom stereocenters. The summed E-state index contributed by atoms with van der Waals surface area (Å²) in [7, 11) is -3.65. The first kappa shape index (κ1) is 34.4. The predicted molar refractivity (Wildman–Crippen MR) is 185 cm³/mol. The van der Waals surface area contributed by atoms with Gasteiger partial charge in [0.2, 0.25) is 16.4 Å². The molecule has 3 N–H and O–H groups in total. The minimum Gasteiger partial charge on any atom is -0.368 e. The van der Waals surface area contributed by atoms with Crippen LogP contribution in [0.2, 0.25) is 0 Å². The van der Waals surface area contributed by atoms with Crippen LogP contribution in [-0.2, 0) is 14.8 Å². The van der Waals surface area contributed by atoms with Crippen LogP contribution in [0.15, 0.2) is 114 Å². The first-order valence-corrected chi connectivity index (χ1v) is 17.0. The fourth-order valence-corrected chi connectivity index (χ4v) is 7.37. The highest BCUT2D eigenvalue weighted by molar-refractivity contribution is 7.89. The first-order valence-electron chi connectivity index (χ1n) is 15.6. The van der Waals surface area contributed by atoms with Gasteiger partial charge in [0, 0.05) is 36.9 Å². The summed E-state index contributed by atoms with van der Waals surface area (Å²) in [5.74, 6) is 0. The number of nitrogens with zero attached hydrogens (tertiary/aromatic N) is 3. The van der Waals surface area contributed by atoms with Gasteiger partial charge in [-0.25, -0.2) is 13.2 Å². The number of nitrogens with two attached hydrogens (primary N) is 1. The van der Waals surface area contributed by atoms with E-state index in [1.165, 1.54) is 11.1 Å². The maximum atomic E-state index is 14.1. The van der Waals surface area contributed by atoms with Gasteiger partial charge in [-0.15, -0.1) is 0 Å². The minimum atomic E-state index is -3.65. The molecule has 5 rings (SSSR count). The first-order chi connectivity index (χ1) is 22.3. The normalized spacial score (nSPS) is 15.1. The summed E-state index contributed by atoms with van der Waals surface area (Å²) in [6.07, 6.45) is 1.01. The molecule has 4 aromatic carbocycles. The number of hydrogen-bond donors (Lipinski definition) is 2. The summed E-state index contributed by atoms with van der Waals surface area (Å²) in [5.41, 5.74) is 10.0. The Morgan fingerprint density at radius 2 is 1.39 bits per heavy atom. The largest absolute Gasteiger partial charge is 0.368 e. The van der Waals surface area contributed by atoms with Crippen molar-refractivity contribution in [3.63, 3.8) is 0 Å². The molecule has 1 unspecified atom stereocenters. The van der Waals surface area contributed by atoms with Gasteiger partial charge in [0.1, 0.15) is 0 Å². The molecule has 10 heteroatoms. The molecule has 0 aromatic heterocycles. The molecule has 1 heterocycles. The predicted octanol–water partition coefficient (Wildman–Crippen LogP) is 5.44. The molecule has 1 fully saturated rings. The molecule has 46 heavy (non-hydrogen) atoms. The molecule has 0 spiro atoms. The van der Waals surface area contributed by atoms with Crippen LogP contribution in [0, 0.1) is 0 Å². The number of sulfonamides is 1. The molecule has 1 saturated heterocycles. The zero-order valence-corrected chi connectivity index (χ0v) is 27.3. The van der Waals surface area contributed by atoms with Crippen LogP contribution in [0.5, 0.6) is 0 Å². The van der Waals surface area contributed by atoms with Gasteiger partial charge in [0.25, 0.3) is 0 Å². The van der Waals surface area contributed by atoms with Gasteiger partial charge in [-0.05, 0) is 60.9 Å². The Balaban J connectivity index is 0.000000731. The fourth-order valence-electron chi connectivity index (χ4n) is 5.74. The second-order valence-electron chi connectivity index (χ2n) is 10.9. The highest BCUT2D eigenvalue weighted by atomic mass is 32.2. The topological polar surface area (TPSA) is 116 Å². The third-order valence-corrected chi connectivity index (χ3v) is 10.2. The lowest BCUT2D eigenvalue weighted by Gasteiger charge is -2.42. The minimum absolute atomic E-state index is 0.128. The van der Waals surface area contributed by atoms with Gasteiger partial charge in [0.05, 0.1) is 4.90 Å². The molecule has 4 aromatic rings. The van der Waals surface area contributed by atoms with E-state index in [1.54, 1.807) is 21.8 Å². The molecule has 9 nitrogen and oxygen atoms in total. The number of amides is 3. The lowest BCUT2D eigenvalue weighted by Crippen LogP contribution is -2.56. The van der Waals surface area contributed by atoms with E-state index in [-0.39, 0.29) is 12.5 Å². The Bertz CT molecular complexity index is 1650. The van der Waals surface area contributed by atoms with E-state index in [0.29, 0.717) is 24.5 Å². The second-order valence-corrected chi connectivity index (χ2v) is 12.8. The number of carbonyl (C=O) groups excluding carboxylic acids is 2. The Hall–Kier alpha value is -4.51. The van der Waals surface area contributed by atoms with Gasteiger partial charge < -0.3 is 15.5 Å². The molecule has 1 aliphatic heterocycles. The standard InChI is InChI=1S/C34H39N3O2S.C2H4N2O2/c1-3-35(4-2)24-23-31-27-36(34-18-12-11-17-33(34)30-15-9-6-10-16-30)25-26-37(31)40(38,39)32-21-19-29(20-22-32)28-13-7-5-8-14-28;3-2(6)4-1-5/h5-22,31H,3-4,23-27H2,1-2H3;1H,(H3,3,4,5,6). The van der Waals surface area contributed by atoms with Crippen LogP contribution in [0.3, 0.4) is 0 Å². The Morgan fingerprint density at radius 3 is 1.96 bits per heavy atom. The maximum Gasteiger partial charge on any atom is 0.318 e. The molecular formula is C36H43N5O4S. The van der Waals surface area contributed by atoms with E-state index < -0.39 is 16.1 Å². The number of hydrogen-bond acceptors (Lipinski definition) is 6. The summed E-state index contributed by atoms with van der Waals surface area (Å²) in [6.45, 7) is 8.86. The quantitative estimate of drug-likeness (QED) is 0.211. The maximum absolute atomic E-state index is 14.1. The number of carbonyl (C=O) groups is 2. The number of para-hydroxylation sites is 1. The average molecular weight is 642 g/mol. The summed E-state index contributed by atoms with van der Waals surface area (Å²) in [4.78, 5) is 23.8. The zero-order valence-electron chi connectivity index (χ0n) is 26.5. The van der Waals surface area contributed by atoms with Crippen molar-refractivity contribution in [2.45, 2.75) is 31.2 Å². The summed E-state index contributed by atoms with van der Waals surface area (Å²) in [6, 6.07) is 35.4. The van der Waals surface area contributed by atoms with Gasteiger partial charge in [-0.2, -0.15) is 4.31 Å². The van der Waals surface area contributed by atoms with Crippen molar-refractivity contribution in [3.05, 3.63) is 109 Å². The van der Waals surface area contributed by atoms with Crippen molar-refractivity contribution in [2.24, 2.45) is 5.73 Å². The van der Waals surface area contributed by atoms with Gasteiger partial charge >= 0.3 is 6.03 Å². The molecule has 1 aliphatic rings. The van der Waals surface area contributed by atoms with Crippen molar-refractivity contribution in [1.29, 1.82) is 0 Å². The van der Waals surface area contributed by atoms with Crippen LogP contribution in [0.4, 0.5) is 10.5 Å². The summed E-state index contributed by atoms with van der Waals surface area (Å²) in [5, 5.41) is 1.67. The second kappa shape index (κ2) is 16.7. The zero-order chi connectivity index (χ0) is 32.9. The van der Waals surface area contributed by atoms with Crippen molar-refractivity contribution in [2.75, 3.05) is 44.2 Å². The third-order valence-electron chi connectivity index (χ3n) is 8.20. The highest BCUT2D eigenvalue weighted by Gasteiger charge is 2.36. The third kappa shape index (κ3) is 8.81. The molecule has 242 valence electrons. The molecule has 0 bridgehead atoms. The number of anilines is 1. The van der Waals surface area contributed by atoms with Crippen LogP contribution in [-0.4, -0.2) is 75.4 Å². The monoisotopic (exact) mass is 641 g/mol. The summed E-state index contributed by atoms with van der Waals surface area (Å²) < 4.78 is 29.9. The molecule has 3 amide bonds. The number of benzene rings is 4. The molecule has 0 saturated carbocycles. The highest BCUT2D eigenvalue weighted by Crippen LogP contribution is 2.34.